The third kappa shape index (κ3) is 2.17. The number of nitrogens with zero attached hydrogens (tertiary/aromatic N) is 7. The molecule has 0 saturated carbocycles. The molecular weight excluding hydrogens is 268 g/mol. The van der Waals surface area contributed by atoms with E-state index in [-0.39, 0.29) is 11.5 Å². The Bertz CT molecular complexity index is 873. The third-order valence-electron chi connectivity index (χ3n) is 2.85. The quantitative estimate of drug-likeness (QED) is 0.721. The zero-order valence-corrected chi connectivity index (χ0v) is 11.1. The van der Waals surface area contributed by atoms with Gasteiger partial charge in [-0.25, -0.2) is 0 Å². The average molecular weight is 278 g/mol. The zero-order chi connectivity index (χ0) is 14.8. The highest BCUT2D eigenvalue weighted by Gasteiger charge is 2.15. The number of benzene rings is 1. The Morgan fingerprint density at radius 2 is 1.95 bits per heavy atom. The minimum absolute atomic E-state index is 0.0246. The molecule has 2 aromatic heterocycles. The number of hydrogen-bond acceptors (Lipinski definition) is 7. The summed E-state index contributed by atoms with van der Waals surface area (Å²) in [5.74, 6) is 0.131. The van der Waals surface area contributed by atoms with Crippen molar-refractivity contribution in [2.24, 2.45) is 10.2 Å². The van der Waals surface area contributed by atoms with Gasteiger partial charge in [-0.05, 0) is 19.1 Å². The van der Waals surface area contributed by atoms with Gasteiger partial charge in [-0.1, -0.05) is 18.2 Å². The van der Waals surface area contributed by atoms with Crippen LogP contribution in [0, 0.1) is 18.3 Å². The van der Waals surface area contributed by atoms with E-state index in [1.54, 1.807) is 6.92 Å². The van der Waals surface area contributed by atoms with E-state index in [9.17, 15) is 0 Å². The van der Waals surface area contributed by atoms with Crippen molar-refractivity contribution in [1.29, 1.82) is 5.26 Å². The number of azo groups is 1. The van der Waals surface area contributed by atoms with Crippen LogP contribution in [0.3, 0.4) is 0 Å². The van der Waals surface area contributed by atoms with Crippen LogP contribution in [-0.2, 0) is 0 Å². The molecule has 3 rings (SSSR count). The highest BCUT2D eigenvalue weighted by atomic mass is 15.4. The van der Waals surface area contributed by atoms with Gasteiger partial charge in [-0.3, -0.25) is 0 Å². The summed E-state index contributed by atoms with van der Waals surface area (Å²) in [6.45, 7) is 1.76. The Morgan fingerprint density at radius 3 is 2.67 bits per heavy atom. The Morgan fingerprint density at radius 1 is 1.19 bits per heavy atom. The first-order chi connectivity index (χ1) is 10.2. The van der Waals surface area contributed by atoms with E-state index in [2.05, 4.69) is 25.5 Å². The van der Waals surface area contributed by atoms with E-state index in [1.165, 1.54) is 4.52 Å². The van der Waals surface area contributed by atoms with Crippen LogP contribution in [0.5, 0.6) is 0 Å². The van der Waals surface area contributed by atoms with E-state index >= 15 is 0 Å². The number of nitrogens with two attached hydrogens (primary N) is 1. The van der Waals surface area contributed by atoms with Crippen LogP contribution in [0.2, 0.25) is 0 Å². The van der Waals surface area contributed by atoms with Crippen LogP contribution in [0.4, 0.5) is 17.2 Å². The topological polar surface area (TPSA) is 118 Å². The highest BCUT2D eigenvalue weighted by molar-refractivity contribution is 5.68. The van der Waals surface area contributed by atoms with E-state index < -0.39 is 0 Å². The van der Waals surface area contributed by atoms with Crippen LogP contribution >= 0.6 is 0 Å². The number of nitrogen functional groups attached to an aromatic ring is 1. The van der Waals surface area contributed by atoms with Crippen LogP contribution in [0.1, 0.15) is 11.4 Å². The molecule has 0 unspecified atom stereocenters. The minimum atomic E-state index is 0.0246. The molecule has 0 fully saturated rings. The molecule has 8 nitrogen and oxygen atoms in total. The van der Waals surface area contributed by atoms with E-state index in [0.717, 1.165) is 0 Å². The lowest BCUT2D eigenvalue weighted by Crippen LogP contribution is -2.05. The number of anilines is 1. The summed E-state index contributed by atoms with van der Waals surface area (Å²) in [5.41, 5.74) is 8.00. The summed E-state index contributed by atoms with van der Waals surface area (Å²) in [6.07, 6.45) is 0. The summed E-state index contributed by atoms with van der Waals surface area (Å²) in [6, 6.07) is 11.2. The number of rotatable bonds is 2. The molecule has 0 aliphatic carbocycles. The van der Waals surface area contributed by atoms with Gasteiger partial charge in [0.2, 0.25) is 11.3 Å². The lowest BCUT2D eigenvalue weighted by atomic mass is 10.3. The number of fused-ring (bicyclic) bond motifs is 1. The van der Waals surface area contributed by atoms with Gasteiger partial charge in [0, 0.05) is 0 Å². The van der Waals surface area contributed by atoms with Crippen LogP contribution in [-0.4, -0.2) is 19.8 Å². The maximum Gasteiger partial charge on any atom is 0.207 e. The normalized spacial score (nSPS) is 11.0. The average Bonchev–Trinajstić information content (AvgIpc) is 2.83. The molecule has 0 aliphatic heterocycles. The number of aromatic nitrogens is 4. The van der Waals surface area contributed by atoms with Gasteiger partial charge in [-0.2, -0.15) is 20.0 Å². The van der Waals surface area contributed by atoms with E-state index in [1.807, 2.05) is 36.4 Å². The van der Waals surface area contributed by atoms with Gasteiger partial charge in [0.05, 0.1) is 11.4 Å². The molecule has 0 bridgehead atoms. The molecule has 3 aromatic rings. The van der Waals surface area contributed by atoms with Crippen LogP contribution < -0.4 is 5.73 Å². The molecule has 0 atom stereocenters. The monoisotopic (exact) mass is 278 g/mol. The molecule has 1 aromatic carbocycles. The lowest BCUT2D eigenvalue weighted by molar-refractivity contribution is 0.879. The van der Waals surface area contributed by atoms with Gasteiger partial charge in [0.25, 0.3) is 0 Å². The van der Waals surface area contributed by atoms with Gasteiger partial charge < -0.3 is 5.73 Å². The number of hydrogen-bond donors (Lipinski definition) is 1. The number of nitriles is 1. The molecule has 0 radical (unpaired) electrons. The zero-order valence-electron chi connectivity index (χ0n) is 11.1. The molecule has 8 heteroatoms. The van der Waals surface area contributed by atoms with Crippen molar-refractivity contribution in [2.45, 2.75) is 6.92 Å². The summed E-state index contributed by atoms with van der Waals surface area (Å²) >= 11 is 0. The van der Waals surface area contributed by atoms with Crippen molar-refractivity contribution < 1.29 is 0 Å². The lowest BCUT2D eigenvalue weighted by Gasteiger charge is -1.98. The molecule has 0 spiro atoms. The fourth-order valence-corrected chi connectivity index (χ4v) is 1.81. The molecule has 2 N–H and O–H groups in total. The first-order valence-electron chi connectivity index (χ1n) is 6.09. The maximum atomic E-state index is 8.89. The van der Waals surface area contributed by atoms with Crippen molar-refractivity contribution in [3.63, 3.8) is 0 Å². The van der Waals surface area contributed by atoms with E-state index in [4.69, 9.17) is 11.0 Å². The summed E-state index contributed by atoms with van der Waals surface area (Å²) in [4.78, 5) is 0. The molecule has 0 amide bonds. The summed E-state index contributed by atoms with van der Waals surface area (Å²) in [5, 5.41) is 29.1. The van der Waals surface area contributed by atoms with Crippen molar-refractivity contribution in [1.82, 2.24) is 19.8 Å². The van der Waals surface area contributed by atoms with Crippen molar-refractivity contribution in [3.8, 4) is 6.07 Å². The summed E-state index contributed by atoms with van der Waals surface area (Å²) < 4.78 is 1.35. The highest BCUT2D eigenvalue weighted by Crippen LogP contribution is 2.26. The van der Waals surface area contributed by atoms with Gasteiger partial charge in [0.15, 0.2) is 11.5 Å². The van der Waals surface area contributed by atoms with Crippen molar-refractivity contribution in [2.75, 3.05) is 5.73 Å². The fourth-order valence-electron chi connectivity index (χ4n) is 1.81. The predicted molar refractivity (Wildman–Crippen MR) is 75.3 cm³/mol. The van der Waals surface area contributed by atoms with E-state index in [0.29, 0.717) is 22.7 Å². The number of aryl methyl sites for hydroxylation is 1. The fraction of sp³-hybridized carbons (Fsp3) is 0.0769. The Hall–Kier alpha value is -3.34. The largest absolute Gasteiger partial charge is 0.381 e. The molecule has 21 heavy (non-hydrogen) atoms. The van der Waals surface area contributed by atoms with Crippen LogP contribution in [0.25, 0.3) is 5.65 Å². The predicted octanol–water partition coefficient (Wildman–Crippen LogP) is 2.30. The molecule has 102 valence electrons. The maximum absolute atomic E-state index is 8.89. The molecule has 0 aliphatic rings. The Balaban J connectivity index is 2.12. The molecule has 0 saturated heterocycles. The van der Waals surface area contributed by atoms with Gasteiger partial charge in [-0.15, -0.1) is 15.3 Å². The minimum Gasteiger partial charge on any atom is -0.381 e. The first kappa shape index (κ1) is 12.7. The van der Waals surface area contributed by atoms with Gasteiger partial charge >= 0.3 is 0 Å². The first-order valence-corrected chi connectivity index (χ1v) is 6.09. The smallest absolute Gasteiger partial charge is 0.207 e. The molecule has 2 heterocycles. The van der Waals surface area contributed by atoms with Crippen LogP contribution in [0.15, 0.2) is 40.6 Å². The second kappa shape index (κ2) is 4.97. The van der Waals surface area contributed by atoms with Crippen molar-refractivity contribution in [3.05, 3.63) is 41.7 Å². The van der Waals surface area contributed by atoms with Gasteiger partial charge in [0.1, 0.15) is 6.07 Å². The summed E-state index contributed by atoms with van der Waals surface area (Å²) in [7, 11) is 0. The standard InChI is InChI=1S/C13H10N8/c1-8-11(18-16-9-5-3-2-4-6-9)13-19-17-10(7-14)12(15)21(13)20-8/h2-6H,15H2,1H3. The third-order valence-corrected chi connectivity index (χ3v) is 2.85. The molecular formula is C13H10N8. The Labute approximate surface area is 119 Å². The van der Waals surface area contributed by atoms with Crippen molar-refractivity contribution >= 4 is 22.8 Å². The second-order valence-corrected chi connectivity index (χ2v) is 4.25. The SMILES string of the molecule is Cc1nn2c(N)c(C#N)nnc2c1N=Nc1ccccc1. The Kier molecular flexibility index (Phi) is 3.00. The second-order valence-electron chi connectivity index (χ2n) is 4.25.